The largest absolute Gasteiger partial charge is 0.433 e. The SMILES string of the molecule is FC(F)(F)c1ccc(-c2cc(-c3ccc(C(F)(F)F)nc3)ncn2)cn1. The average molecular weight is 370 g/mol. The molecule has 134 valence electrons. The molecule has 4 nitrogen and oxygen atoms in total. The van der Waals surface area contributed by atoms with Crippen molar-refractivity contribution in [2.45, 2.75) is 12.4 Å². The highest BCUT2D eigenvalue weighted by Crippen LogP contribution is 2.30. The van der Waals surface area contributed by atoms with Crippen molar-refractivity contribution in [3.8, 4) is 22.5 Å². The molecule has 0 amide bonds. The van der Waals surface area contributed by atoms with Crippen LogP contribution in [0.25, 0.3) is 22.5 Å². The lowest BCUT2D eigenvalue weighted by atomic mass is 10.1. The molecule has 0 aliphatic rings. The van der Waals surface area contributed by atoms with Crippen LogP contribution >= 0.6 is 0 Å². The zero-order chi connectivity index (χ0) is 18.9. The Hall–Kier alpha value is -3.04. The maximum absolute atomic E-state index is 12.5. The van der Waals surface area contributed by atoms with Crippen molar-refractivity contribution >= 4 is 0 Å². The molecule has 0 fully saturated rings. The van der Waals surface area contributed by atoms with Crippen LogP contribution in [-0.2, 0) is 12.4 Å². The molecular formula is C16H8F6N4. The molecular weight excluding hydrogens is 362 g/mol. The number of hydrogen-bond acceptors (Lipinski definition) is 4. The van der Waals surface area contributed by atoms with Gasteiger partial charge in [0, 0.05) is 23.5 Å². The summed E-state index contributed by atoms with van der Waals surface area (Å²) >= 11 is 0. The Morgan fingerprint density at radius 2 is 1.00 bits per heavy atom. The van der Waals surface area contributed by atoms with Gasteiger partial charge in [-0.1, -0.05) is 0 Å². The minimum absolute atomic E-state index is 0.274. The number of pyridine rings is 2. The van der Waals surface area contributed by atoms with Gasteiger partial charge in [-0.05, 0) is 30.3 Å². The molecule has 26 heavy (non-hydrogen) atoms. The van der Waals surface area contributed by atoms with E-state index in [4.69, 9.17) is 0 Å². The lowest BCUT2D eigenvalue weighted by Crippen LogP contribution is -2.07. The topological polar surface area (TPSA) is 51.6 Å². The van der Waals surface area contributed by atoms with Crippen molar-refractivity contribution in [1.29, 1.82) is 0 Å². The average Bonchev–Trinajstić information content (AvgIpc) is 2.61. The second-order valence-corrected chi connectivity index (χ2v) is 5.15. The number of halogens is 6. The molecule has 0 unspecified atom stereocenters. The van der Waals surface area contributed by atoms with Crippen LogP contribution in [0.3, 0.4) is 0 Å². The first-order valence-corrected chi connectivity index (χ1v) is 7.04. The number of rotatable bonds is 2. The zero-order valence-corrected chi connectivity index (χ0v) is 12.7. The fourth-order valence-corrected chi connectivity index (χ4v) is 2.10. The van der Waals surface area contributed by atoms with Crippen molar-refractivity contribution in [2.75, 3.05) is 0 Å². The molecule has 10 heteroatoms. The molecule has 0 saturated heterocycles. The minimum atomic E-state index is -4.55. The molecule has 0 bridgehead atoms. The smallest absolute Gasteiger partial charge is 0.251 e. The van der Waals surface area contributed by atoms with Crippen LogP contribution in [0.15, 0.2) is 49.1 Å². The quantitative estimate of drug-likeness (QED) is 0.617. The van der Waals surface area contributed by atoms with E-state index in [1.165, 1.54) is 18.2 Å². The van der Waals surface area contributed by atoms with Crippen molar-refractivity contribution in [1.82, 2.24) is 19.9 Å². The molecule has 3 heterocycles. The van der Waals surface area contributed by atoms with Crippen LogP contribution in [0.2, 0.25) is 0 Å². The lowest BCUT2D eigenvalue weighted by Gasteiger charge is -2.08. The van der Waals surface area contributed by atoms with E-state index >= 15 is 0 Å². The normalized spacial score (nSPS) is 12.2. The summed E-state index contributed by atoms with van der Waals surface area (Å²) in [6, 6.07) is 5.46. The van der Waals surface area contributed by atoms with Crippen LogP contribution in [0, 0.1) is 0 Å². The third kappa shape index (κ3) is 3.79. The van der Waals surface area contributed by atoms with Gasteiger partial charge in [0.05, 0.1) is 11.4 Å². The molecule has 0 radical (unpaired) electrons. The van der Waals surface area contributed by atoms with Crippen LogP contribution < -0.4 is 0 Å². The van der Waals surface area contributed by atoms with E-state index in [-0.39, 0.29) is 11.4 Å². The third-order valence-electron chi connectivity index (χ3n) is 3.37. The summed E-state index contributed by atoms with van der Waals surface area (Å²) in [6.07, 6.45) is -5.93. The molecule has 0 aliphatic carbocycles. The third-order valence-corrected chi connectivity index (χ3v) is 3.37. The fraction of sp³-hybridized carbons (Fsp3) is 0.125. The van der Waals surface area contributed by atoms with Gasteiger partial charge in [-0.2, -0.15) is 26.3 Å². The predicted octanol–water partition coefficient (Wildman–Crippen LogP) is 4.64. The molecule has 3 aromatic rings. The molecule has 3 aromatic heterocycles. The maximum atomic E-state index is 12.5. The van der Waals surface area contributed by atoms with E-state index < -0.39 is 23.7 Å². The van der Waals surface area contributed by atoms with Crippen molar-refractivity contribution in [2.24, 2.45) is 0 Å². The Bertz CT molecular complexity index is 829. The molecule has 0 aromatic carbocycles. The van der Waals surface area contributed by atoms with Crippen LogP contribution in [-0.4, -0.2) is 19.9 Å². The van der Waals surface area contributed by atoms with Gasteiger partial charge >= 0.3 is 12.4 Å². The van der Waals surface area contributed by atoms with Gasteiger partial charge < -0.3 is 0 Å². The van der Waals surface area contributed by atoms with Crippen LogP contribution in [0.5, 0.6) is 0 Å². The highest BCUT2D eigenvalue weighted by molar-refractivity contribution is 5.66. The van der Waals surface area contributed by atoms with Gasteiger partial charge in [0.15, 0.2) is 0 Å². The van der Waals surface area contributed by atoms with Gasteiger partial charge in [0.25, 0.3) is 0 Å². The summed E-state index contributed by atoms with van der Waals surface area (Å²) in [4.78, 5) is 14.6. The number of aromatic nitrogens is 4. The number of alkyl halides is 6. The Kier molecular flexibility index (Phi) is 4.34. The first-order valence-electron chi connectivity index (χ1n) is 7.04. The van der Waals surface area contributed by atoms with E-state index in [2.05, 4.69) is 19.9 Å². The second-order valence-electron chi connectivity index (χ2n) is 5.15. The van der Waals surface area contributed by atoms with Gasteiger partial charge in [-0.25, -0.2) is 9.97 Å². The van der Waals surface area contributed by atoms with E-state index in [0.717, 1.165) is 30.9 Å². The summed E-state index contributed by atoms with van der Waals surface area (Å²) in [5.41, 5.74) is -0.916. The molecule has 3 rings (SSSR count). The summed E-state index contributed by atoms with van der Waals surface area (Å²) in [6.45, 7) is 0. The first kappa shape index (κ1) is 17.8. The standard InChI is InChI=1S/C16H8F6N4/c17-15(18,19)13-3-1-9(6-23-13)11-5-12(26-8-25-11)10-2-4-14(24-7-10)16(20,21)22/h1-8H. The van der Waals surface area contributed by atoms with Gasteiger partial charge in [0.1, 0.15) is 17.7 Å². The second kappa shape index (κ2) is 6.36. The zero-order valence-electron chi connectivity index (χ0n) is 12.7. The summed E-state index contributed by atoms with van der Waals surface area (Å²) in [5.74, 6) is 0. The van der Waals surface area contributed by atoms with Crippen LogP contribution in [0.1, 0.15) is 11.4 Å². The molecule has 0 aliphatic heterocycles. The summed E-state index contributed by atoms with van der Waals surface area (Å²) < 4.78 is 75.3. The monoisotopic (exact) mass is 370 g/mol. The molecule has 0 N–H and O–H groups in total. The Labute approximate surface area is 142 Å². The molecule has 0 saturated carbocycles. The van der Waals surface area contributed by atoms with Crippen molar-refractivity contribution in [3.05, 3.63) is 60.4 Å². The summed E-state index contributed by atoms with van der Waals surface area (Å²) in [5, 5.41) is 0. The predicted molar refractivity (Wildman–Crippen MR) is 78.5 cm³/mol. The highest BCUT2D eigenvalue weighted by Gasteiger charge is 2.32. The van der Waals surface area contributed by atoms with Crippen molar-refractivity contribution < 1.29 is 26.3 Å². The number of nitrogens with zero attached hydrogens (tertiary/aromatic N) is 4. The van der Waals surface area contributed by atoms with E-state index in [0.29, 0.717) is 11.1 Å². The Morgan fingerprint density at radius 3 is 1.31 bits per heavy atom. The lowest BCUT2D eigenvalue weighted by molar-refractivity contribution is -0.141. The number of hydrogen-bond donors (Lipinski definition) is 0. The maximum Gasteiger partial charge on any atom is 0.433 e. The first-order chi connectivity index (χ1) is 12.1. The van der Waals surface area contributed by atoms with Gasteiger partial charge in [0.2, 0.25) is 0 Å². The highest BCUT2D eigenvalue weighted by atomic mass is 19.4. The fourth-order valence-electron chi connectivity index (χ4n) is 2.10. The Morgan fingerprint density at radius 1 is 0.577 bits per heavy atom. The van der Waals surface area contributed by atoms with E-state index in [1.807, 2.05) is 0 Å². The molecule has 0 atom stereocenters. The Balaban J connectivity index is 1.91. The van der Waals surface area contributed by atoms with E-state index in [1.54, 1.807) is 0 Å². The van der Waals surface area contributed by atoms with E-state index in [9.17, 15) is 26.3 Å². The van der Waals surface area contributed by atoms with Crippen LogP contribution in [0.4, 0.5) is 26.3 Å². The minimum Gasteiger partial charge on any atom is -0.251 e. The van der Waals surface area contributed by atoms with Gasteiger partial charge in [-0.15, -0.1) is 0 Å². The van der Waals surface area contributed by atoms with Crippen molar-refractivity contribution in [3.63, 3.8) is 0 Å². The molecule has 0 spiro atoms. The van der Waals surface area contributed by atoms with Gasteiger partial charge in [-0.3, -0.25) is 9.97 Å². The summed E-state index contributed by atoms with van der Waals surface area (Å²) in [7, 11) is 0.